The van der Waals surface area contributed by atoms with Crippen molar-refractivity contribution in [1.29, 1.82) is 0 Å². The van der Waals surface area contributed by atoms with Crippen LogP contribution < -0.4 is 10.6 Å². The normalized spacial score (nSPS) is 22.7. The number of piperazine rings is 1. The van der Waals surface area contributed by atoms with Crippen LogP contribution in [0, 0.1) is 0 Å². The molecule has 6 nitrogen and oxygen atoms in total. The Morgan fingerprint density at radius 1 is 1.61 bits per heavy atom. The van der Waals surface area contributed by atoms with E-state index in [-0.39, 0.29) is 11.9 Å². The van der Waals surface area contributed by atoms with E-state index < -0.39 is 6.10 Å². The van der Waals surface area contributed by atoms with E-state index in [1.165, 1.54) is 0 Å². The van der Waals surface area contributed by atoms with E-state index in [4.69, 9.17) is 4.74 Å². The number of aliphatic hydroxyl groups is 1. The lowest BCUT2D eigenvalue weighted by Crippen LogP contribution is -2.59. The zero-order valence-corrected chi connectivity index (χ0v) is 11.3. The van der Waals surface area contributed by atoms with E-state index in [1.807, 2.05) is 18.7 Å². The van der Waals surface area contributed by atoms with E-state index in [1.54, 1.807) is 0 Å². The van der Waals surface area contributed by atoms with Crippen LogP contribution in [-0.4, -0.2) is 74.0 Å². The molecular formula is C12H25N3O3. The summed E-state index contributed by atoms with van der Waals surface area (Å²) in [5.41, 5.74) is 0. The number of β-amino-alcohol motifs (C(OH)–C–C–N with tert-alkyl or cyclic N) is 1. The molecule has 18 heavy (non-hydrogen) atoms. The van der Waals surface area contributed by atoms with Crippen molar-refractivity contribution in [2.24, 2.45) is 0 Å². The minimum atomic E-state index is -0.542. The lowest BCUT2D eigenvalue weighted by Gasteiger charge is -2.36. The zero-order valence-electron chi connectivity index (χ0n) is 11.3. The van der Waals surface area contributed by atoms with Gasteiger partial charge in [-0.25, -0.2) is 0 Å². The molecule has 0 aromatic rings. The van der Waals surface area contributed by atoms with Gasteiger partial charge in [-0.3, -0.25) is 9.69 Å². The third-order valence-electron chi connectivity index (χ3n) is 2.97. The fourth-order valence-corrected chi connectivity index (χ4v) is 2.09. The first-order chi connectivity index (χ1) is 8.69. The molecule has 1 aliphatic rings. The summed E-state index contributed by atoms with van der Waals surface area (Å²) in [7, 11) is 0. The number of ether oxygens (including phenoxy) is 1. The van der Waals surface area contributed by atoms with Crippen molar-refractivity contribution in [3.63, 3.8) is 0 Å². The predicted molar refractivity (Wildman–Crippen MR) is 69.4 cm³/mol. The monoisotopic (exact) mass is 259 g/mol. The topological polar surface area (TPSA) is 73.8 Å². The standard InChI is InChI=1S/C12H25N3O3/c1-3-14-12(17)11-7-13-5-6-15(11)8-10(16)9-18-4-2/h10-11,13,16H,3-9H2,1-2H3,(H,14,17). The minimum absolute atomic E-state index is 0.0216. The summed E-state index contributed by atoms with van der Waals surface area (Å²) >= 11 is 0. The molecule has 0 saturated carbocycles. The van der Waals surface area contributed by atoms with Gasteiger partial charge in [-0.2, -0.15) is 0 Å². The number of hydrogen-bond donors (Lipinski definition) is 3. The van der Waals surface area contributed by atoms with E-state index in [2.05, 4.69) is 10.6 Å². The van der Waals surface area contributed by atoms with Gasteiger partial charge in [0.05, 0.1) is 12.7 Å². The highest BCUT2D eigenvalue weighted by atomic mass is 16.5. The number of likely N-dealkylation sites (N-methyl/N-ethyl adjacent to an activating group) is 1. The van der Waals surface area contributed by atoms with E-state index in [9.17, 15) is 9.90 Å². The highest BCUT2D eigenvalue weighted by molar-refractivity contribution is 5.82. The van der Waals surface area contributed by atoms with Gasteiger partial charge in [0.15, 0.2) is 0 Å². The summed E-state index contributed by atoms with van der Waals surface area (Å²) in [6, 6.07) is -0.199. The van der Waals surface area contributed by atoms with Crippen LogP contribution in [0.15, 0.2) is 0 Å². The van der Waals surface area contributed by atoms with Crippen molar-refractivity contribution >= 4 is 5.91 Å². The summed E-state index contributed by atoms with van der Waals surface area (Å²) in [4.78, 5) is 13.9. The summed E-state index contributed by atoms with van der Waals surface area (Å²) < 4.78 is 5.19. The van der Waals surface area contributed by atoms with Gasteiger partial charge in [0, 0.05) is 39.3 Å². The van der Waals surface area contributed by atoms with Crippen LogP contribution in [0.4, 0.5) is 0 Å². The second-order valence-corrected chi connectivity index (χ2v) is 4.42. The molecular weight excluding hydrogens is 234 g/mol. The maximum Gasteiger partial charge on any atom is 0.238 e. The average Bonchev–Trinajstić information content (AvgIpc) is 2.37. The van der Waals surface area contributed by atoms with Crippen LogP contribution in [0.5, 0.6) is 0 Å². The predicted octanol–water partition coefficient (Wildman–Crippen LogP) is -1.21. The van der Waals surface area contributed by atoms with Crippen LogP contribution in [0.25, 0.3) is 0 Å². The Bertz CT molecular complexity index is 251. The summed E-state index contributed by atoms with van der Waals surface area (Å²) in [6.45, 7) is 8.07. The number of rotatable bonds is 7. The first kappa shape index (κ1) is 15.4. The second-order valence-electron chi connectivity index (χ2n) is 4.42. The number of aliphatic hydroxyl groups excluding tert-OH is 1. The van der Waals surface area contributed by atoms with Crippen LogP contribution >= 0.6 is 0 Å². The molecule has 3 N–H and O–H groups in total. The Kier molecular flexibility index (Phi) is 7.19. The van der Waals surface area contributed by atoms with Gasteiger partial charge in [-0.15, -0.1) is 0 Å². The van der Waals surface area contributed by atoms with Crippen molar-refractivity contribution < 1.29 is 14.6 Å². The largest absolute Gasteiger partial charge is 0.389 e. The molecule has 0 aliphatic carbocycles. The third kappa shape index (κ3) is 4.89. The van der Waals surface area contributed by atoms with Gasteiger partial charge in [0.1, 0.15) is 6.04 Å². The van der Waals surface area contributed by atoms with Gasteiger partial charge in [0.25, 0.3) is 0 Å². The molecule has 0 aromatic carbocycles. The van der Waals surface area contributed by atoms with Crippen molar-refractivity contribution in [3.8, 4) is 0 Å². The Morgan fingerprint density at radius 3 is 3.06 bits per heavy atom. The highest BCUT2D eigenvalue weighted by Gasteiger charge is 2.29. The summed E-state index contributed by atoms with van der Waals surface area (Å²) in [6.07, 6.45) is -0.542. The van der Waals surface area contributed by atoms with Crippen molar-refractivity contribution in [2.45, 2.75) is 26.0 Å². The number of amides is 1. The van der Waals surface area contributed by atoms with Gasteiger partial charge in [-0.1, -0.05) is 0 Å². The number of hydrogen-bond acceptors (Lipinski definition) is 5. The third-order valence-corrected chi connectivity index (χ3v) is 2.97. The molecule has 1 amide bonds. The maximum absolute atomic E-state index is 11.9. The summed E-state index contributed by atoms with van der Waals surface area (Å²) in [5, 5.41) is 15.9. The zero-order chi connectivity index (χ0) is 13.4. The van der Waals surface area contributed by atoms with Crippen LogP contribution in [-0.2, 0) is 9.53 Å². The van der Waals surface area contributed by atoms with Crippen LogP contribution in [0.3, 0.4) is 0 Å². The molecule has 6 heteroatoms. The highest BCUT2D eigenvalue weighted by Crippen LogP contribution is 2.05. The smallest absolute Gasteiger partial charge is 0.238 e. The minimum Gasteiger partial charge on any atom is -0.389 e. The van der Waals surface area contributed by atoms with Gasteiger partial charge in [0.2, 0.25) is 5.91 Å². The fraction of sp³-hybridized carbons (Fsp3) is 0.917. The second kappa shape index (κ2) is 8.42. The molecule has 2 atom stereocenters. The van der Waals surface area contributed by atoms with Crippen LogP contribution in [0.1, 0.15) is 13.8 Å². The van der Waals surface area contributed by atoms with Crippen LogP contribution in [0.2, 0.25) is 0 Å². The Morgan fingerprint density at radius 2 is 2.39 bits per heavy atom. The SMILES string of the molecule is CCNC(=O)C1CNCCN1CC(O)COCC. The van der Waals surface area contributed by atoms with Gasteiger partial charge < -0.3 is 20.5 Å². The molecule has 0 spiro atoms. The number of nitrogens with one attached hydrogen (secondary N) is 2. The first-order valence-corrected chi connectivity index (χ1v) is 6.67. The molecule has 0 aromatic heterocycles. The van der Waals surface area contributed by atoms with Gasteiger partial charge in [-0.05, 0) is 13.8 Å². The van der Waals surface area contributed by atoms with E-state index in [0.29, 0.717) is 32.8 Å². The Labute approximate surface area is 109 Å². The lowest BCUT2D eigenvalue weighted by atomic mass is 10.1. The van der Waals surface area contributed by atoms with Gasteiger partial charge >= 0.3 is 0 Å². The molecule has 1 saturated heterocycles. The molecule has 2 unspecified atom stereocenters. The maximum atomic E-state index is 11.9. The van der Waals surface area contributed by atoms with Crippen molar-refractivity contribution in [1.82, 2.24) is 15.5 Å². The number of carbonyl (C=O) groups excluding carboxylic acids is 1. The Hall–Kier alpha value is -0.690. The van der Waals surface area contributed by atoms with Crippen molar-refractivity contribution in [3.05, 3.63) is 0 Å². The van der Waals surface area contributed by atoms with E-state index >= 15 is 0 Å². The molecule has 1 aliphatic heterocycles. The lowest BCUT2D eigenvalue weighted by molar-refractivity contribution is -0.127. The fourth-order valence-electron chi connectivity index (χ4n) is 2.09. The average molecular weight is 259 g/mol. The Balaban J connectivity index is 2.46. The quantitative estimate of drug-likeness (QED) is 0.535. The molecule has 1 heterocycles. The molecule has 0 radical (unpaired) electrons. The molecule has 0 bridgehead atoms. The van der Waals surface area contributed by atoms with E-state index in [0.717, 1.165) is 13.1 Å². The summed E-state index contributed by atoms with van der Waals surface area (Å²) in [5.74, 6) is 0.0216. The van der Waals surface area contributed by atoms with Crippen molar-refractivity contribution in [2.75, 3.05) is 45.9 Å². The first-order valence-electron chi connectivity index (χ1n) is 6.67. The molecule has 106 valence electrons. The molecule has 1 rings (SSSR count). The number of nitrogens with zero attached hydrogens (tertiary/aromatic N) is 1. The molecule has 1 fully saturated rings. The number of carbonyl (C=O) groups is 1.